The number of benzene rings is 1. The number of aliphatic hydroxyl groups is 1. The Morgan fingerprint density at radius 1 is 1.62 bits per heavy atom. The monoisotopic (exact) mass is 289 g/mol. The highest BCUT2D eigenvalue weighted by molar-refractivity contribution is 14.1. The van der Waals surface area contributed by atoms with Crippen LogP contribution in [0.5, 0.6) is 5.75 Å². The van der Waals surface area contributed by atoms with Gasteiger partial charge in [-0.05, 0) is 40.3 Å². The Labute approximate surface area is 90.1 Å². The number of rotatable bonds is 2. The molecule has 0 aliphatic carbocycles. The van der Waals surface area contributed by atoms with E-state index in [0.29, 0.717) is 11.3 Å². The lowest BCUT2D eigenvalue weighted by atomic mass is 10.1. The van der Waals surface area contributed by atoms with Crippen molar-refractivity contribution < 1.29 is 9.84 Å². The molecular weight excluding hydrogens is 281 g/mol. The highest BCUT2D eigenvalue weighted by atomic mass is 127. The van der Waals surface area contributed by atoms with E-state index in [1.54, 1.807) is 12.1 Å². The second kappa shape index (κ2) is 4.44. The Morgan fingerprint density at radius 2 is 2.31 bits per heavy atom. The molecule has 0 aliphatic rings. The van der Waals surface area contributed by atoms with Gasteiger partial charge in [-0.25, -0.2) is 0 Å². The number of methoxy groups -OCH3 is 1. The lowest BCUT2D eigenvalue weighted by Crippen LogP contribution is -1.94. The highest BCUT2D eigenvalue weighted by Crippen LogP contribution is 2.25. The van der Waals surface area contributed by atoms with Gasteiger partial charge < -0.3 is 9.84 Å². The van der Waals surface area contributed by atoms with E-state index in [1.165, 1.54) is 7.11 Å². The minimum Gasteiger partial charge on any atom is -0.495 e. The summed E-state index contributed by atoms with van der Waals surface area (Å²) in [5, 5.41) is 17.7. The quantitative estimate of drug-likeness (QED) is 0.842. The molecule has 1 rings (SSSR count). The molecule has 0 bridgehead atoms. The number of nitriles is 1. The maximum absolute atomic E-state index is 8.90. The lowest BCUT2D eigenvalue weighted by Gasteiger charge is -2.06. The van der Waals surface area contributed by atoms with Crippen LogP contribution in [0.3, 0.4) is 0 Å². The molecule has 0 unspecified atom stereocenters. The first-order valence-electron chi connectivity index (χ1n) is 3.60. The van der Waals surface area contributed by atoms with Crippen LogP contribution < -0.4 is 4.74 Å². The molecule has 0 amide bonds. The molecule has 0 saturated carbocycles. The molecule has 1 aromatic carbocycles. The Hall–Kier alpha value is -0.800. The minimum atomic E-state index is -0.0436. The fraction of sp³-hybridized carbons (Fsp3) is 0.222. The topological polar surface area (TPSA) is 53.2 Å². The van der Waals surface area contributed by atoms with Gasteiger partial charge in [0.05, 0.1) is 13.7 Å². The number of ether oxygens (including phenoxy) is 1. The van der Waals surface area contributed by atoms with Crippen LogP contribution in [0.1, 0.15) is 11.1 Å². The van der Waals surface area contributed by atoms with Gasteiger partial charge in [0.1, 0.15) is 17.4 Å². The van der Waals surface area contributed by atoms with Crippen LogP contribution in [0.25, 0.3) is 0 Å². The summed E-state index contributed by atoms with van der Waals surface area (Å²) in [4.78, 5) is 0. The van der Waals surface area contributed by atoms with E-state index in [4.69, 9.17) is 15.1 Å². The summed E-state index contributed by atoms with van der Waals surface area (Å²) in [6.07, 6.45) is 0. The smallest absolute Gasteiger partial charge is 0.138 e. The van der Waals surface area contributed by atoms with Gasteiger partial charge in [0.15, 0.2) is 0 Å². The molecule has 4 heteroatoms. The molecular formula is C9H8INO2. The first-order valence-corrected chi connectivity index (χ1v) is 4.68. The SMILES string of the molecule is COc1cc(CO)cc(I)c1C#N. The van der Waals surface area contributed by atoms with Gasteiger partial charge in [0, 0.05) is 3.57 Å². The molecule has 68 valence electrons. The Bertz CT molecular complexity index is 357. The molecule has 0 fully saturated rings. The molecule has 0 radical (unpaired) electrons. The molecule has 0 aromatic heterocycles. The van der Waals surface area contributed by atoms with E-state index in [9.17, 15) is 0 Å². The fourth-order valence-electron chi connectivity index (χ4n) is 0.996. The summed E-state index contributed by atoms with van der Waals surface area (Å²) in [5.74, 6) is 0.512. The third-order valence-electron chi connectivity index (χ3n) is 1.63. The second-order valence-corrected chi connectivity index (χ2v) is 3.59. The molecule has 0 saturated heterocycles. The van der Waals surface area contributed by atoms with Crippen LogP contribution >= 0.6 is 22.6 Å². The van der Waals surface area contributed by atoms with E-state index in [2.05, 4.69) is 6.07 Å². The van der Waals surface area contributed by atoms with Crippen LogP contribution in [0.2, 0.25) is 0 Å². The van der Waals surface area contributed by atoms with E-state index < -0.39 is 0 Å². The molecule has 0 aliphatic heterocycles. The van der Waals surface area contributed by atoms with Crippen molar-refractivity contribution in [1.29, 1.82) is 5.26 Å². The van der Waals surface area contributed by atoms with Gasteiger partial charge in [0.2, 0.25) is 0 Å². The third kappa shape index (κ3) is 2.11. The number of aliphatic hydroxyl groups excluding tert-OH is 1. The number of nitrogens with zero attached hydrogens (tertiary/aromatic N) is 1. The van der Waals surface area contributed by atoms with Gasteiger partial charge >= 0.3 is 0 Å². The highest BCUT2D eigenvalue weighted by Gasteiger charge is 2.08. The van der Waals surface area contributed by atoms with Crippen molar-refractivity contribution >= 4 is 22.6 Å². The van der Waals surface area contributed by atoms with Gasteiger partial charge in [-0.15, -0.1) is 0 Å². The Balaban J connectivity index is 3.31. The largest absolute Gasteiger partial charge is 0.495 e. The van der Waals surface area contributed by atoms with E-state index in [-0.39, 0.29) is 6.61 Å². The van der Waals surface area contributed by atoms with E-state index in [0.717, 1.165) is 9.13 Å². The number of halogens is 1. The zero-order chi connectivity index (χ0) is 9.84. The van der Waals surface area contributed by atoms with Gasteiger partial charge in [-0.1, -0.05) is 0 Å². The van der Waals surface area contributed by atoms with Gasteiger partial charge in [-0.2, -0.15) is 5.26 Å². The lowest BCUT2D eigenvalue weighted by molar-refractivity contribution is 0.281. The van der Waals surface area contributed by atoms with Crippen molar-refractivity contribution in [3.8, 4) is 11.8 Å². The van der Waals surface area contributed by atoms with Crippen molar-refractivity contribution in [3.05, 3.63) is 26.8 Å². The van der Waals surface area contributed by atoms with E-state index >= 15 is 0 Å². The summed E-state index contributed by atoms with van der Waals surface area (Å²) < 4.78 is 5.82. The van der Waals surface area contributed by atoms with Crippen LogP contribution in [-0.2, 0) is 6.61 Å². The van der Waals surface area contributed by atoms with Crippen LogP contribution in [-0.4, -0.2) is 12.2 Å². The zero-order valence-corrected chi connectivity index (χ0v) is 9.20. The molecule has 0 heterocycles. The van der Waals surface area contributed by atoms with Gasteiger partial charge in [0.25, 0.3) is 0 Å². The number of hydrogen-bond acceptors (Lipinski definition) is 3. The van der Waals surface area contributed by atoms with Crippen LogP contribution in [0, 0.1) is 14.9 Å². The Morgan fingerprint density at radius 3 is 2.77 bits per heavy atom. The summed E-state index contributed by atoms with van der Waals surface area (Å²) in [7, 11) is 1.51. The minimum absolute atomic E-state index is 0.0436. The van der Waals surface area contributed by atoms with Crippen molar-refractivity contribution in [3.63, 3.8) is 0 Å². The standard InChI is InChI=1S/C9H8INO2/c1-13-9-3-6(5-12)2-8(10)7(9)4-11/h2-3,12H,5H2,1H3. The van der Waals surface area contributed by atoms with Crippen molar-refractivity contribution in [2.45, 2.75) is 6.61 Å². The molecule has 0 spiro atoms. The molecule has 3 nitrogen and oxygen atoms in total. The number of hydrogen-bond donors (Lipinski definition) is 1. The first-order chi connectivity index (χ1) is 6.22. The van der Waals surface area contributed by atoms with Crippen LogP contribution in [0.4, 0.5) is 0 Å². The second-order valence-electron chi connectivity index (χ2n) is 2.42. The van der Waals surface area contributed by atoms with Crippen molar-refractivity contribution in [2.75, 3.05) is 7.11 Å². The predicted molar refractivity (Wildman–Crippen MR) is 56.3 cm³/mol. The normalized spacial score (nSPS) is 9.38. The summed E-state index contributed by atoms with van der Waals surface area (Å²) in [5.41, 5.74) is 1.26. The van der Waals surface area contributed by atoms with Crippen molar-refractivity contribution in [2.24, 2.45) is 0 Å². The van der Waals surface area contributed by atoms with Gasteiger partial charge in [-0.3, -0.25) is 0 Å². The molecule has 1 aromatic rings. The molecule has 0 atom stereocenters. The Kier molecular flexibility index (Phi) is 3.51. The van der Waals surface area contributed by atoms with Crippen LogP contribution in [0.15, 0.2) is 12.1 Å². The van der Waals surface area contributed by atoms with E-state index in [1.807, 2.05) is 22.6 Å². The third-order valence-corrected chi connectivity index (χ3v) is 2.48. The maximum Gasteiger partial charge on any atom is 0.138 e. The average molecular weight is 289 g/mol. The van der Waals surface area contributed by atoms with Crippen molar-refractivity contribution in [1.82, 2.24) is 0 Å². The predicted octanol–water partition coefficient (Wildman–Crippen LogP) is 1.66. The molecule has 1 N–H and O–H groups in total. The zero-order valence-electron chi connectivity index (χ0n) is 7.04. The first kappa shape index (κ1) is 10.3. The maximum atomic E-state index is 8.90. The molecule has 13 heavy (non-hydrogen) atoms. The summed E-state index contributed by atoms with van der Waals surface area (Å²) >= 11 is 2.04. The summed E-state index contributed by atoms with van der Waals surface area (Å²) in [6.45, 7) is -0.0436. The fourth-order valence-corrected chi connectivity index (χ4v) is 1.78. The summed E-state index contributed by atoms with van der Waals surface area (Å²) in [6, 6.07) is 5.48. The average Bonchev–Trinajstić information content (AvgIpc) is 2.16.